The summed E-state index contributed by atoms with van der Waals surface area (Å²) in [5.41, 5.74) is 2.77. The van der Waals surface area contributed by atoms with Crippen molar-refractivity contribution in [2.75, 3.05) is 5.32 Å². The molecule has 2 amide bonds. The second-order valence-electron chi connectivity index (χ2n) is 5.36. The van der Waals surface area contributed by atoms with Gasteiger partial charge in [-0.25, -0.2) is 4.79 Å². The molecule has 18 heavy (non-hydrogen) atoms. The number of carbonyl (C=O) groups excluding carboxylic acids is 1. The van der Waals surface area contributed by atoms with Crippen molar-refractivity contribution in [2.24, 2.45) is 5.41 Å². The number of aromatic nitrogens is 1. The van der Waals surface area contributed by atoms with Gasteiger partial charge in [0, 0.05) is 11.9 Å². The minimum atomic E-state index is -0.260. The molecule has 4 nitrogen and oxygen atoms in total. The Labute approximate surface area is 109 Å². The second kappa shape index (κ2) is 5.67. The summed E-state index contributed by atoms with van der Waals surface area (Å²) in [7, 11) is 0. The molecule has 1 heterocycles. The number of urea groups is 1. The predicted octanol–water partition coefficient (Wildman–Crippen LogP) is 3.46. The van der Waals surface area contributed by atoms with E-state index >= 15 is 0 Å². The van der Waals surface area contributed by atoms with Gasteiger partial charge in [0.05, 0.1) is 11.9 Å². The van der Waals surface area contributed by atoms with Crippen LogP contribution in [-0.2, 0) is 0 Å². The first-order valence-electron chi connectivity index (χ1n) is 5.96. The standard InChI is InChI=1S/C14H21N3O/c1-10(14(3,4)5)8-16-13(18)17-12-7-6-11(2)15-9-12/h6-9H,1-5H3,(H2,16,17,18)/b10-8+. The predicted molar refractivity (Wildman–Crippen MR) is 74.3 cm³/mol. The highest BCUT2D eigenvalue weighted by molar-refractivity contribution is 5.89. The Bertz CT molecular complexity index is 441. The fraction of sp³-hybridized carbons (Fsp3) is 0.429. The van der Waals surface area contributed by atoms with Crippen LogP contribution >= 0.6 is 0 Å². The van der Waals surface area contributed by atoms with Crippen molar-refractivity contribution < 1.29 is 4.79 Å². The lowest BCUT2D eigenvalue weighted by atomic mass is 9.88. The van der Waals surface area contributed by atoms with Crippen LogP contribution in [0.25, 0.3) is 0 Å². The van der Waals surface area contributed by atoms with Crippen LogP contribution in [0.5, 0.6) is 0 Å². The zero-order valence-corrected chi connectivity index (χ0v) is 11.7. The van der Waals surface area contributed by atoms with E-state index in [0.29, 0.717) is 5.69 Å². The first-order valence-corrected chi connectivity index (χ1v) is 5.96. The van der Waals surface area contributed by atoms with Gasteiger partial charge < -0.3 is 10.6 Å². The van der Waals surface area contributed by atoms with Crippen LogP contribution in [0.1, 0.15) is 33.4 Å². The van der Waals surface area contributed by atoms with Crippen molar-refractivity contribution in [1.82, 2.24) is 10.3 Å². The summed E-state index contributed by atoms with van der Waals surface area (Å²) in [5.74, 6) is 0. The van der Waals surface area contributed by atoms with Gasteiger partial charge in [0.25, 0.3) is 0 Å². The summed E-state index contributed by atoms with van der Waals surface area (Å²) in [6, 6.07) is 3.41. The molecule has 0 unspecified atom stereocenters. The van der Waals surface area contributed by atoms with Crippen molar-refractivity contribution in [3.05, 3.63) is 35.8 Å². The van der Waals surface area contributed by atoms with E-state index in [1.807, 2.05) is 26.0 Å². The molecule has 0 aromatic carbocycles. The smallest absolute Gasteiger partial charge is 0.314 e. The molecule has 0 fully saturated rings. The molecule has 0 aliphatic heterocycles. The number of hydrogen-bond donors (Lipinski definition) is 2. The lowest BCUT2D eigenvalue weighted by Crippen LogP contribution is -2.25. The van der Waals surface area contributed by atoms with E-state index in [4.69, 9.17) is 0 Å². The lowest BCUT2D eigenvalue weighted by molar-refractivity contribution is 0.255. The number of hydrogen-bond acceptors (Lipinski definition) is 2. The van der Waals surface area contributed by atoms with Crippen LogP contribution in [0.3, 0.4) is 0 Å². The Morgan fingerprint density at radius 2 is 2.00 bits per heavy atom. The Hall–Kier alpha value is -1.84. The first kappa shape index (κ1) is 14.2. The number of nitrogens with one attached hydrogen (secondary N) is 2. The fourth-order valence-electron chi connectivity index (χ4n) is 1.10. The number of anilines is 1. The highest BCUT2D eigenvalue weighted by atomic mass is 16.2. The Morgan fingerprint density at radius 1 is 1.33 bits per heavy atom. The molecule has 0 atom stereocenters. The maximum Gasteiger partial charge on any atom is 0.323 e. The second-order valence-corrected chi connectivity index (χ2v) is 5.36. The van der Waals surface area contributed by atoms with Crippen LogP contribution in [0.4, 0.5) is 10.5 Å². The molecule has 1 rings (SSSR count). The van der Waals surface area contributed by atoms with Gasteiger partial charge in [0.2, 0.25) is 0 Å². The number of carbonyl (C=O) groups is 1. The maximum atomic E-state index is 11.6. The molecule has 1 aromatic heterocycles. The van der Waals surface area contributed by atoms with Crippen molar-refractivity contribution in [1.29, 1.82) is 0 Å². The number of allylic oxidation sites excluding steroid dienone is 1. The van der Waals surface area contributed by atoms with Crippen LogP contribution in [0.15, 0.2) is 30.1 Å². The van der Waals surface area contributed by atoms with E-state index in [-0.39, 0.29) is 11.4 Å². The van der Waals surface area contributed by atoms with E-state index in [0.717, 1.165) is 11.3 Å². The normalized spacial score (nSPS) is 12.2. The maximum absolute atomic E-state index is 11.6. The van der Waals surface area contributed by atoms with Crippen LogP contribution in [0.2, 0.25) is 0 Å². The van der Waals surface area contributed by atoms with E-state index in [2.05, 4.69) is 36.4 Å². The summed E-state index contributed by atoms with van der Waals surface area (Å²) in [4.78, 5) is 15.7. The topological polar surface area (TPSA) is 54.0 Å². The third kappa shape index (κ3) is 4.57. The minimum absolute atomic E-state index is 0.0543. The van der Waals surface area contributed by atoms with Gasteiger partial charge in [0.1, 0.15) is 0 Å². The van der Waals surface area contributed by atoms with Crippen LogP contribution < -0.4 is 10.6 Å². The summed E-state index contributed by atoms with van der Waals surface area (Å²) < 4.78 is 0. The number of rotatable bonds is 2. The molecule has 2 N–H and O–H groups in total. The van der Waals surface area contributed by atoms with E-state index < -0.39 is 0 Å². The van der Waals surface area contributed by atoms with Gasteiger partial charge in [-0.3, -0.25) is 4.98 Å². The van der Waals surface area contributed by atoms with E-state index in [9.17, 15) is 4.79 Å². The molecule has 0 bridgehead atoms. The molecule has 0 aliphatic carbocycles. The minimum Gasteiger partial charge on any atom is -0.314 e. The Kier molecular flexibility index (Phi) is 4.48. The SMILES string of the molecule is C/C(=C\NC(=O)Nc1ccc(C)nc1)C(C)(C)C. The highest BCUT2D eigenvalue weighted by Gasteiger charge is 2.12. The molecule has 0 aliphatic rings. The number of amides is 2. The Balaban J connectivity index is 2.55. The van der Waals surface area contributed by atoms with Crippen molar-refractivity contribution in [3.63, 3.8) is 0 Å². The van der Waals surface area contributed by atoms with Gasteiger partial charge in [0.15, 0.2) is 0 Å². The molecule has 0 saturated heterocycles. The number of aryl methyl sites for hydroxylation is 1. The van der Waals surface area contributed by atoms with E-state index in [1.165, 1.54) is 0 Å². The summed E-state index contributed by atoms with van der Waals surface area (Å²) >= 11 is 0. The molecule has 98 valence electrons. The molecular weight excluding hydrogens is 226 g/mol. The van der Waals surface area contributed by atoms with Crippen LogP contribution in [-0.4, -0.2) is 11.0 Å². The highest BCUT2D eigenvalue weighted by Crippen LogP contribution is 2.23. The molecule has 0 spiro atoms. The third-order valence-corrected chi connectivity index (χ3v) is 2.77. The molecule has 0 saturated carbocycles. The number of pyridine rings is 1. The first-order chi connectivity index (χ1) is 8.29. The summed E-state index contributed by atoms with van der Waals surface area (Å²) in [5, 5.41) is 5.43. The molecule has 1 aromatic rings. The van der Waals surface area contributed by atoms with Crippen molar-refractivity contribution in [3.8, 4) is 0 Å². The van der Waals surface area contributed by atoms with Gasteiger partial charge in [-0.1, -0.05) is 26.3 Å². The number of nitrogens with zero attached hydrogens (tertiary/aromatic N) is 1. The monoisotopic (exact) mass is 247 g/mol. The van der Waals surface area contributed by atoms with Gasteiger partial charge in [-0.05, 0) is 31.4 Å². The average Bonchev–Trinajstić information content (AvgIpc) is 2.28. The largest absolute Gasteiger partial charge is 0.323 e. The fourth-order valence-corrected chi connectivity index (χ4v) is 1.10. The van der Waals surface area contributed by atoms with Crippen molar-refractivity contribution in [2.45, 2.75) is 34.6 Å². The average molecular weight is 247 g/mol. The third-order valence-electron chi connectivity index (χ3n) is 2.77. The van der Waals surface area contributed by atoms with Gasteiger partial charge >= 0.3 is 6.03 Å². The molecule has 4 heteroatoms. The zero-order chi connectivity index (χ0) is 13.8. The lowest BCUT2D eigenvalue weighted by Gasteiger charge is -2.19. The summed E-state index contributed by atoms with van der Waals surface area (Å²) in [6.45, 7) is 10.2. The summed E-state index contributed by atoms with van der Waals surface area (Å²) in [6.07, 6.45) is 3.37. The molecular formula is C14H21N3O. The quantitative estimate of drug-likeness (QED) is 0.840. The molecule has 0 radical (unpaired) electrons. The zero-order valence-electron chi connectivity index (χ0n) is 11.7. The van der Waals surface area contributed by atoms with Crippen molar-refractivity contribution >= 4 is 11.7 Å². The Morgan fingerprint density at radius 3 is 2.50 bits per heavy atom. The van der Waals surface area contributed by atoms with Gasteiger partial charge in [-0.15, -0.1) is 0 Å². The van der Waals surface area contributed by atoms with Gasteiger partial charge in [-0.2, -0.15) is 0 Å². The van der Waals surface area contributed by atoms with E-state index in [1.54, 1.807) is 12.4 Å². The van der Waals surface area contributed by atoms with Crippen LogP contribution in [0, 0.1) is 12.3 Å².